The highest BCUT2D eigenvalue weighted by Gasteiger charge is 2.33. The quantitative estimate of drug-likeness (QED) is 0.308. The van der Waals surface area contributed by atoms with Gasteiger partial charge in [-0.15, -0.1) is 0 Å². The van der Waals surface area contributed by atoms with E-state index in [1.807, 2.05) is 18.2 Å². The number of hydrogen-bond donors (Lipinski definition) is 1. The number of carboxylic acid groups (broad SMARTS) is 1. The molecule has 0 radical (unpaired) electrons. The number of carbonyl (C=O) groups is 1. The second-order valence-corrected chi connectivity index (χ2v) is 9.70. The van der Waals surface area contributed by atoms with E-state index in [1.54, 1.807) is 6.92 Å². The number of rotatable bonds is 11. The topological polar surface area (TPSA) is 65.0 Å². The van der Waals surface area contributed by atoms with Gasteiger partial charge >= 0.3 is 5.97 Å². The Morgan fingerprint density at radius 3 is 2.50 bits per heavy atom. The molecule has 1 heterocycles. The van der Waals surface area contributed by atoms with Crippen LogP contribution in [-0.4, -0.2) is 24.3 Å². The second kappa shape index (κ2) is 11.5. The number of hydrogen-bond acceptors (Lipinski definition) is 4. The van der Waals surface area contributed by atoms with Crippen LogP contribution in [0.2, 0.25) is 0 Å². The van der Waals surface area contributed by atoms with Gasteiger partial charge in [0.1, 0.15) is 23.9 Å². The van der Waals surface area contributed by atoms with Crippen molar-refractivity contribution >= 4 is 5.97 Å². The molecule has 0 saturated heterocycles. The van der Waals surface area contributed by atoms with Gasteiger partial charge in [-0.25, -0.2) is 0 Å². The van der Waals surface area contributed by atoms with Crippen molar-refractivity contribution < 1.29 is 24.1 Å². The third kappa shape index (κ3) is 5.84. The average molecular weight is 489 g/mol. The Labute approximate surface area is 214 Å². The average Bonchev–Trinajstić information content (AvgIpc) is 3.31. The first-order valence-corrected chi connectivity index (χ1v) is 12.8. The van der Waals surface area contributed by atoms with Crippen LogP contribution in [0.15, 0.2) is 60.7 Å². The molecule has 36 heavy (non-hydrogen) atoms. The van der Waals surface area contributed by atoms with Gasteiger partial charge in [0.15, 0.2) is 0 Å². The summed E-state index contributed by atoms with van der Waals surface area (Å²) < 4.78 is 17.9. The van der Waals surface area contributed by atoms with Gasteiger partial charge in [-0.3, -0.25) is 4.79 Å². The van der Waals surface area contributed by atoms with Gasteiger partial charge in [0.25, 0.3) is 0 Å². The lowest BCUT2D eigenvalue weighted by atomic mass is 9.89. The summed E-state index contributed by atoms with van der Waals surface area (Å²) in [6.07, 6.45) is 2.26. The molecule has 4 rings (SSSR count). The van der Waals surface area contributed by atoms with E-state index in [0.29, 0.717) is 30.6 Å². The number of aliphatic carboxylic acids is 1. The van der Waals surface area contributed by atoms with Gasteiger partial charge in [0, 0.05) is 17.5 Å². The molecule has 3 aromatic rings. The molecule has 0 fully saturated rings. The molecule has 0 bridgehead atoms. The fourth-order valence-corrected chi connectivity index (χ4v) is 4.67. The predicted octanol–water partition coefficient (Wildman–Crippen LogP) is 7.25. The summed E-state index contributed by atoms with van der Waals surface area (Å²) in [6.45, 7) is 9.82. The first-order valence-electron chi connectivity index (χ1n) is 12.8. The van der Waals surface area contributed by atoms with Crippen molar-refractivity contribution in [1.82, 2.24) is 0 Å². The predicted molar refractivity (Wildman–Crippen MR) is 142 cm³/mol. The first-order chi connectivity index (χ1) is 17.4. The standard InChI is InChI=1S/C31H36O5/c1-5-22(6-2)17-34-25-10-12-27(20(3)14-25)24-9-7-8-23(15-24)18-35-26-11-13-28-29(21(4)31(32)33)19-36-30(28)16-26/h7-16,21-22,29H,5-6,17-19H2,1-4H3,(H,32,33). The molecule has 5 heteroatoms. The van der Waals surface area contributed by atoms with E-state index in [-0.39, 0.29) is 5.92 Å². The van der Waals surface area contributed by atoms with Crippen LogP contribution >= 0.6 is 0 Å². The van der Waals surface area contributed by atoms with Gasteiger partial charge in [0.05, 0.1) is 19.1 Å². The molecule has 0 spiro atoms. The van der Waals surface area contributed by atoms with Gasteiger partial charge in [-0.05, 0) is 59.4 Å². The summed E-state index contributed by atoms with van der Waals surface area (Å²) in [5.74, 6) is 1.49. The Morgan fingerprint density at radius 1 is 1.03 bits per heavy atom. The maximum Gasteiger partial charge on any atom is 0.306 e. The Balaban J connectivity index is 1.41. The second-order valence-electron chi connectivity index (χ2n) is 9.70. The summed E-state index contributed by atoms with van der Waals surface area (Å²) in [6, 6.07) is 20.3. The van der Waals surface area contributed by atoms with Crippen LogP contribution in [0.5, 0.6) is 17.2 Å². The van der Waals surface area contributed by atoms with Crippen molar-refractivity contribution in [1.29, 1.82) is 0 Å². The van der Waals surface area contributed by atoms with Crippen LogP contribution < -0.4 is 14.2 Å². The number of carboxylic acids is 1. The Morgan fingerprint density at radius 2 is 1.78 bits per heavy atom. The van der Waals surface area contributed by atoms with Gasteiger partial charge in [0.2, 0.25) is 0 Å². The molecule has 1 aliphatic rings. The highest BCUT2D eigenvalue weighted by Crippen LogP contribution is 2.40. The zero-order valence-electron chi connectivity index (χ0n) is 21.6. The zero-order valence-corrected chi connectivity index (χ0v) is 21.6. The summed E-state index contributed by atoms with van der Waals surface area (Å²) in [5.41, 5.74) is 5.50. The molecule has 190 valence electrons. The lowest BCUT2D eigenvalue weighted by Crippen LogP contribution is -2.19. The van der Waals surface area contributed by atoms with Gasteiger partial charge in [-0.2, -0.15) is 0 Å². The minimum absolute atomic E-state index is 0.136. The monoisotopic (exact) mass is 488 g/mol. The van der Waals surface area contributed by atoms with E-state index in [0.717, 1.165) is 41.9 Å². The fourth-order valence-electron chi connectivity index (χ4n) is 4.67. The van der Waals surface area contributed by atoms with E-state index in [4.69, 9.17) is 14.2 Å². The smallest absolute Gasteiger partial charge is 0.306 e. The number of ether oxygens (including phenoxy) is 3. The molecule has 0 saturated carbocycles. The van der Waals surface area contributed by atoms with Crippen molar-refractivity contribution in [2.75, 3.05) is 13.2 Å². The number of fused-ring (bicyclic) bond motifs is 1. The molecule has 0 amide bonds. The number of benzene rings is 3. The fraction of sp³-hybridized carbons (Fsp3) is 0.387. The zero-order chi connectivity index (χ0) is 25.7. The van der Waals surface area contributed by atoms with Crippen LogP contribution in [0.25, 0.3) is 11.1 Å². The summed E-state index contributed by atoms with van der Waals surface area (Å²) in [4.78, 5) is 11.4. The van der Waals surface area contributed by atoms with Crippen LogP contribution in [0.3, 0.4) is 0 Å². The minimum Gasteiger partial charge on any atom is -0.493 e. The van der Waals surface area contributed by atoms with E-state index >= 15 is 0 Å². The first kappa shape index (κ1) is 25.6. The van der Waals surface area contributed by atoms with E-state index in [1.165, 1.54) is 11.1 Å². The minimum atomic E-state index is -0.810. The van der Waals surface area contributed by atoms with Crippen LogP contribution in [0.4, 0.5) is 0 Å². The molecule has 5 nitrogen and oxygen atoms in total. The molecule has 2 unspecified atom stereocenters. The Bertz CT molecular complexity index is 1200. The maximum absolute atomic E-state index is 11.4. The van der Waals surface area contributed by atoms with Crippen molar-refractivity contribution in [2.45, 2.75) is 53.1 Å². The SMILES string of the molecule is CCC(CC)COc1ccc(-c2cccc(COc3ccc4c(c3)OCC4C(C)C(=O)O)c2)c(C)c1. The van der Waals surface area contributed by atoms with Crippen molar-refractivity contribution in [3.05, 3.63) is 77.4 Å². The Kier molecular flexibility index (Phi) is 8.19. The van der Waals surface area contributed by atoms with Gasteiger partial charge < -0.3 is 19.3 Å². The molecule has 1 N–H and O–H groups in total. The van der Waals surface area contributed by atoms with Gasteiger partial charge in [-0.1, -0.05) is 63.9 Å². The van der Waals surface area contributed by atoms with Crippen molar-refractivity contribution in [2.24, 2.45) is 11.8 Å². The third-order valence-electron chi connectivity index (χ3n) is 7.28. The largest absolute Gasteiger partial charge is 0.493 e. The van der Waals surface area contributed by atoms with Crippen molar-refractivity contribution in [3.8, 4) is 28.4 Å². The lowest BCUT2D eigenvalue weighted by molar-refractivity contribution is -0.142. The highest BCUT2D eigenvalue weighted by atomic mass is 16.5. The lowest BCUT2D eigenvalue weighted by Gasteiger charge is -2.15. The van der Waals surface area contributed by atoms with Crippen LogP contribution in [0, 0.1) is 18.8 Å². The Hall–Kier alpha value is -3.47. The molecular formula is C31H36O5. The van der Waals surface area contributed by atoms with Crippen molar-refractivity contribution in [3.63, 3.8) is 0 Å². The number of aryl methyl sites for hydroxylation is 1. The molecule has 2 atom stereocenters. The molecular weight excluding hydrogens is 452 g/mol. The van der Waals surface area contributed by atoms with E-state index in [2.05, 4.69) is 63.2 Å². The van der Waals surface area contributed by atoms with E-state index in [9.17, 15) is 9.90 Å². The molecule has 3 aromatic carbocycles. The summed E-state index contributed by atoms with van der Waals surface area (Å²) in [7, 11) is 0. The maximum atomic E-state index is 11.4. The normalized spacial score (nSPS) is 15.3. The summed E-state index contributed by atoms with van der Waals surface area (Å²) >= 11 is 0. The molecule has 1 aliphatic heterocycles. The van der Waals surface area contributed by atoms with Crippen LogP contribution in [0.1, 0.15) is 56.2 Å². The highest BCUT2D eigenvalue weighted by molar-refractivity contribution is 5.72. The van der Waals surface area contributed by atoms with Crippen LogP contribution in [-0.2, 0) is 11.4 Å². The summed E-state index contributed by atoms with van der Waals surface area (Å²) in [5, 5.41) is 9.34. The molecule has 0 aliphatic carbocycles. The van der Waals surface area contributed by atoms with E-state index < -0.39 is 11.9 Å². The molecule has 0 aromatic heterocycles. The third-order valence-corrected chi connectivity index (χ3v) is 7.28.